The lowest BCUT2D eigenvalue weighted by atomic mass is 10.2. The summed E-state index contributed by atoms with van der Waals surface area (Å²) in [5, 5.41) is 2.92. The zero-order valence-electron chi connectivity index (χ0n) is 11.3. The second-order valence-electron chi connectivity index (χ2n) is 4.29. The molecule has 0 aliphatic carbocycles. The van der Waals surface area contributed by atoms with Crippen LogP contribution in [0, 0.1) is 6.92 Å². The number of amides is 1. The van der Waals surface area contributed by atoms with Crippen LogP contribution in [0.15, 0.2) is 22.7 Å². The lowest BCUT2D eigenvalue weighted by molar-refractivity contribution is -0.116. The summed E-state index contributed by atoms with van der Waals surface area (Å²) in [6, 6.07) is 5.85. The van der Waals surface area contributed by atoms with Crippen LogP contribution < -0.4 is 5.32 Å². The molecule has 3 nitrogen and oxygen atoms in total. The predicted molar refractivity (Wildman–Crippen MR) is 79.9 cm³/mol. The van der Waals surface area contributed by atoms with E-state index in [0.717, 1.165) is 35.4 Å². The van der Waals surface area contributed by atoms with E-state index in [4.69, 9.17) is 0 Å². The first-order chi connectivity index (χ1) is 8.56. The van der Waals surface area contributed by atoms with Gasteiger partial charge < -0.3 is 10.2 Å². The number of anilines is 1. The van der Waals surface area contributed by atoms with E-state index >= 15 is 0 Å². The highest BCUT2D eigenvalue weighted by atomic mass is 79.9. The number of rotatable bonds is 6. The predicted octanol–water partition coefficient (Wildman–Crippen LogP) is 3.43. The fourth-order valence-electron chi connectivity index (χ4n) is 1.69. The lowest BCUT2D eigenvalue weighted by Crippen LogP contribution is -2.27. The fraction of sp³-hybridized carbons (Fsp3) is 0.500. The molecule has 1 amide bonds. The molecule has 1 N–H and O–H groups in total. The molecule has 0 aliphatic rings. The molecule has 0 radical (unpaired) electrons. The van der Waals surface area contributed by atoms with E-state index < -0.39 is 0 Å². The van der Waals surface area contributed by atoms with E-state index in [0.29, 0.717) is 6.42 Å². The number of carbonyl (C=O) groups is 1. The minimum atomic E-state index is 0.0673. The number of benzene rings is 1. The van der Waals surface area contributed by atoms with Crippen LogP contribution in [0.2, 0.25) is 0 Å². The number of hydrogen-bond acceptors (Lipinski definition) is 2. The van der Waals surface area contributed by atoms with Gasteiger partial charge in [-0.05, 0) is 37.7 Å². The Bertz CT molecular complexity index is 403. The molecule has 100 valence electrons. The Morgan fingerprint density at radius 2 is 2.00 bits per heavy atom. The van der Waals surface area contributed by atoms with Gasteiger partial charge in [-0.3, -0.25) is 4.79 Å². The Hall–Kier alpha value is -0.870. The molecule has 0 aromatic heterocycles. The van der Waals surface area contributed by atoms with Gasteiger partial charge in [0.25, 0.3) is 0 Å². The molecule has 1 aromatic carbocycles. The molecule has 0 aliphatic heterocycles. The third-order valence-electron chi connectivity index (χ3n) is 3.01. The maximum absolute atomic E-state index is 11.8. The van der Waals surface area contributed by atoms with Crippen molar-refractivity contribution in [2.45, 2.75) is 27.2 Å². The average molecular weight is 313 g/mol. The van der Waals surface area contributed by atoms with Gasteiger partial charge in [-0.25, -0.2) is 0 Å². The van der Waals surface area contributed by atoms with Crippen LogP contribution in [0.3, 0.4) is 0 Å². The van der Waals surface area contributed by atoms with Gasteiger partial charge in [-0.15, -0.1) is 0 Å². The third-order valence-corrected chi connectivity index (χ3v) is 3.86. The topological polar surface area (TPSA) is 32.3 Å². The lowest BCUT2D eigenvalue weighted by Gasteiger charge is -2.17. The third kappa shape index (κ3) is 4.78. The molecule has 0 unspecified atom stereocenters. The summed E-state index contributed by atoms with van der Waals surface area (Å²) >= 11 is 3.46. The Kier molecular flexibility index (Phi) is 6.36. The van der Waals surface area contributed by atoms with E-state index in [1.165, 1.54) is 0 Å². The van der Waals surface area contributed by atoms with Crippen LogP contribution >= 0.6 is 15.9 Å². The largest absolute Gasteiger partial charge is 0.326 e. The standard InChI is InChI=1S/C14H21BrN2O/c1-4-17(5-2)9-8-14(18)16-12-7-6-11(3)13(15)10-12/h6-7,10H,4-5,8-9H2,1-3H3,(H,16,18). The molecule has 1 rings (SSSR count). The van der Waals surface area contributed by atoms with Crippen molar-refractivity contribution in [2.75, 3.05) is 25.0 Å². The van der Waals surface area contributed by atoms with E-state index in [-0.39, 0.29) is 5.91 Å². The van der Waals surface area contributed by atoms with Crippen molar-refractivity contribution in [3.63, 3.8) is 0 Å². The van der Waals surface area contributed by atoms with E-state index in [9.17, 15) is 4.79 Å². The Labute approximate surface area is 118 Å². The molecule has 1 aromatic rings. The number of hydrogen-bond donors (Lipinski definition) is 1. The fourth-order valence-corrected chi connectivity index (χ4v) is 2.07. The molecule has 0 spiro atoms. The highest BCUT2D eigenvalue weighted by Crippen LogP contribution is 2.20. The summed E-state index contributed by atoms with van der Waals surface area (Å²) < 4.78 is 1.02. The first-order valence-corrected chi connectivity index (χ1v) is 7.14. The van der Waals surface area contributed by atoms with Crippen LogP contribution in [-0.2, 0) is 4.79 Å². The maximum atomic E-state index is 11.8. The molecular formula is C14H21BrN2O. The average Bonchev–Trinajstić information content (AvgIpc) is 2.35. The van der Waals surface area contributed by atoms with E-state index in [1.54, 1.807) is 0 Å². The summed E-state index contributed by atoms with van der Waals surface area (Å²) in [6.07, 6.45) is 0.535. The monoisotopic (exact) mass is 312 g/mol. The number of nitrogens with zero attached hydrogens (tertiary/aromatic N) is 1. The van der Waals surface area contributed by atoms with Gasteiger partial charge in [0.15, 0.2) is 0 Å². The molecule has 0 bridgehead atoms. The molecule has 0 heterocycles. The van der Waals surface area contributed by atoms with E-state index in [1.807, 2.05) is 25.1 Å². The van der Waals surface area contributed by atoms with Gasteiger partial charge in [0, 0.05) is 23.1 Å². The van der Waals surface area contributed by atoms with Crippen LogP contribution in [-0.4, -0.2) is 30.4 Å². The van der Waals surface area contributed by atoms with Gasteiger partial charge in [0.1, 0.15) is 0 Å². The first-order valence-electron chi connectivity index (χ1n) is 6.35. The SMILES string of the molecule is CCN(CC)CCC(=O)Nc1ccc(C)c(Br)c1. The van der Waals surface area contributed by atoms with Crippen molar-refractivity contribution >= 4 is 27.5 Å². The van der Waals surface area contributed by atoms with Gasteiger partial charge in [0.2, 0.25) is 5.91 Å². The molecule has 0 saturated carbocycles. The van der Waals surface area contributed by atoms with Crippen LogP contribution in [0.25, 0.3) is 0 Å². The second-order valence-corrected chi connectivity index (χ2v) is 5.14. The molecular weight excluding hydrogens is 292 g/mol. The minimum absolute atomic E-state index is 0.0673. The summed E-state index contributed by atoms with van der Waals surface area (Å²) in [7, 11) is 0. The number of halogens is 1. The minimum Gasteiger partial charge on any atom is -0.326 e. The summed E-state index contributed by atoms with van der Waals surface area (Å²) in [6.45, 7) is 9.03. The quantitative estimate of drug-likeness (QED) is 0.873. The summed E-state index contributed by atoms with van der Waals surface area (Å²) in [4.78, 5) is 14.0. The normalized spacial score (nSPS) is 10.7. The van der Waals surface area contributed by atoms with Gasteiger partial charge in [-0.2, -0.15) is 0 Å². The van der Waals surface area contributed by atoms with Crippen molar-refractivity contribution in [1.82, 2.24) is 4.90 Å². The van der Waals surface area contributed by atoms with Crippen molar-refractivity contribution in [1.29, 1.82) is 0 Å². The Balaban J connectivity index is 2.46. The van der Waals surface area contributed by atoms with Gasteiger partial charge in [-0.1, -0.05) is 35.8 Å². The van der Waals surface area contributed by atoms with Crippen molar-refractivity contribution in [3.05, 3.63) is 28.2 Å². The van der Waals surface area contributed by atoms with Crippen molar-refractivity contribution < 1.29 is 4.79 Å². The first kappa shape index (κ1) is 15.2. The second kappa shape index (κ2) is 7.54. The van der Waals surface area contributed by atoms with Crippen molar-refractivity contribution in [3.8, 4) is 0 Å². The van der Waals surface area contributed by atoms with Crippen LogP contribution in [0.5, 0.6) is 0 Å². The zero-order valence-corrected chi connectivity index (χ0v) is 12.9. The molecule has 18 heavy (non-hydrogen) atoms. The van der Waals surface area contributed by atoms with Gasteiger partial charge in [0.05, 0.1) is 0 Å². The summed E-state index contributed by atoms with van der Waals surface area (Å²) in [5.41, 5.74) is 2.01. The van der Waals surface area contributed by atoms with Gasteiger partial charge >= 0.3 is 0 Å². The van der Waals surface area contributed by atoms with Crippen LogP contribution in [0.4, 0.5) is 5.69 Å². The Morgan fingerprint density at radius 3 is 2.56 bits per heavy atom. The highest BCUT2D eigenvalue weighted by molar-refractivity contribution is 9.10. The van der Waals surface area contributed by atoms with E-state index in [2.05, 4.69) is 40.0 Å². The Morgan fingerprint density at radius 1 is 1.33 bits per heavy atom. The molecule has 0 atom stereocenters. The number of carbonyl (C=O) groups excluding carboxylic acids is 1. The highest BCUT2D eigenvalue weighted by Gasteiger charge is 2.06. The van der Waals surface area contributed by atoms with Crippen molar-refractivity contribution in [2.24, 2.45) is 0 Å². The number of nitrogens with one attached hydrogen (secondary N) is 1. The zero-order chi connectivity index (χ0) is 13.5. The summed E-state index contributed by atoms with van der Waals surface area (Å²) in [5.74, 6) is 0.0673. The smallest absolute Gasteiger partial charge is 0.225 e. The maximum Gasteiger partial charge on any atom is 0.225 e. The molecule has 0 saturated heterocycles. The number of aryl methyl sites for hydroxylation is 1. The molecule has 0 fully saturated rings. The molecule has 4 heteroatoms. The van der Waals surface area contributed by atoms with Crippen LogP contribution in [0.1, 0.15) is 25.8 Å².